The summed E-state index contributed by atoms with van der Waals surface area (Å²) in [4.78, 5) is 13.4. The maximum Gasteiger partial charge on any atom is 0.334 e. The summed E-state index contributed by atoms with van der Waals surface area (Å²) in [6.07, 6.45) is 0. The number of benzene rings is 1. The van der Waals surface area contributed by atoms with Crippen molar-refractivity contribution in [1.82, 2.24) is 4.90 Å². The van der Waals surface area contributed by atoms with Gasteiger partial charge in [-0.05, 0) is 31.7 Å². The molecule has 0 aromatic heterocycles. The first kappa shape index (κ1) is 14.9. The van der Waals surface area contributed by atoms with Crippen molar-refractivity contribution in [1.29, 1.82) is 5.26 Å². The number of carbonyl (C=O) groups is 1. The van der Waals surface area contributed by atoms with Gasteiger partial charge in [-0.25, -0.2) is 4.79 Å². The van der Waals surface area contributed by atoms with Gasteiger partial charge in [0.05, 0.1) is 18.2 Å². The standard InChI is InChI=1S/C15H18N2O2/c1-4-19-15(18)12(2)10-17(3)11-14-7-5-6-13(8-14)9-16/h5-8H,2,4,10-11H2,1,3H3. The normalized spacial score (nSPS) is 10.0. The molecule has 4 heteroatoms. The van der Waals surface area contributed by atoms with Crippen LogP contribution in [0, 0.1) is 11.3 Å². The second kappa shape index (κ2) is 7.34. The Morgan fingerprint density at radius 1 is 1.53 bits per heavy atom. The molecule has 0 bridgehead atoms. The number of esters is 1. The van der Waals surface area contributed by atoms with Gasteiger partial charge in [-0.2, -0.15) is 5.26 Å². The molecule has 1 aromatic carbocycles. The third-order valence-electron chi connectivity index (χ3n) is 2.53. The molecule has 100 valence electrons. The first-order valence-corrected chi connectivity index (χ1v) is 6.09. The average molecular weight is 258 g/mol. The predicted molar refractivity (Wildman–Crippen MR) is 73.3 cm³/mol. The molecule has 0 amide bonds. The number of hydrogen-bond donors (Lipinski definition) is 0. The Labute approximate surface area is 113 Å². The zero-order valence-corrected chi connectivity index (χ0v) is 11.3. The van der Waals surface area contributed by atoms with Crippen molar-refractivity contribution in [2.75, 3.05) is 20.2 Å². The lowest BCUT2D eigenvalue weighted by atomic mass is 10.1. The summed E-state index contributed by atoms with van der Waals surface area (Å²) in [5, 5.41) is 8.83. The van der Waals surface area contributed by atoms with Crippen LogP contribution >= 0.6 is 0 Å². The van der Waals surface area contributed by atoms with Gasteiger partial charge >= 0.3 is 5.97 Å². The van der Waals surface area contributed by atoms with Crippen LogP contribution in [0.25, 0.3) is 0 Å². The highest BCUT2D eigenvalue weighted by Crippen LogP contribution is 2.08. The number of nitriles is 1. The third-order valence-corrected chi connectivity index (χ3v) is 2.53. The van der Waals surface area contributed by atoms with Crippen LogP contribution < -0.4 is 0 Å². The fourth-order valence-corrected chi connectivity index (χ4v) is 1.73. The van der Waals surface area contributed by atoms with Crippen LogP contribution in [0.2, 0.25) is 0 Å². The molecule has 0 radical (unpaired) electrons. The Kier molecular flexibility index (Phi) is 5.77. The van der Waals surface area contributed by atoms with Crippen molar-refractivity contribution in [3.8, 4) is 6.07 Å². The Bertz CT molecular complexity index is 503. The zero-order valence-electron chi connectivity index (χ0n) is 11.3. The number of hydrogen-bond acceptors (Lipinski definition) is 4. The minimum Gasteiger partial charge on any atom is -0.463 e. The summed E-state index contributed by atoms with van der Waals surface area (Å²) < 4.78 is 4.88. The van der Waals surface area contributed by atoms with Crippen LogP contribution in [-0.4, -0.2) is 31.1 Å². The number of ether oxygens (including phenoxy) is 1. The fourth-order valence-electron chi connectivity index (χ4n) is 1.73. The van der Waals surface area contributed by atoms with E-state index in [-0.39, 0.29) is 5.97 Å². The molecule has 0 atom stereocenters. The molecule has 0 aliphatic carbocycles. The monoisotopic (exact) mass is 258 g/mol. The quantitative estimate of drug-likeness (QED) is 0.579. The van der Waals surface area contributed by atoms with E-state index in [2.05, 4.69) is 12.6 Å². The molecule has 0 aliphatic heterocycles. The van der Waals surface area contributed by atoms with E-state index in [1.54, 1.807) is 13.0 Å². The van der Waals surface area contributed by atoms with E-state index < -0.39 is 0 Å². The van der Waals surface area contributed by atoms with Crippen LogP contribution in [0.5, 0.6) is 0 Å². The summed E-state index contributed by atoms with van der Waals surface area (Å²) in [6, 6.07) is 9.51. The molecule has 4 nitrogen and oxygen atoms in total. The molecular weight excluding hydrogens is 240 g/mol. The Balaban J connectivity index is 2.55. The van der Waals surface area contributed by atoms with E-state index in [9.17, 15) is 4.79 Å². The lowest BCUT2D eigenvalue weighted by molar-refractivity contribution is -0.138. The smallest absolute Gasteiger partial charge is 0.334 e. The first-order valence-electron chi connectivity index (χ1n) is 6.09. The third kappa shape index (κ3) is 4.94. The summed E-state index contributed by atoms with van der Waals surface area (Å²) in [5.74, 6) is -0.361. The highest BCUT2D eigenvalue weighted by molar-refractivity contribution is 5.88. The van der Waals surface area contributed by atoms with Crippen LogP contribution in [0.3, 0.4) is 0 Å². The van der Waals surface area contributed by atoms with Crippen LogP contribution in [0.1, 0.15) is 18.1 Å². The Morgan fingerprint density at radius 2 is 2.26 bits per heavy atom. The molecule has 0 unspecified atom stereocenters. The summed E-state index contributed by atoms with van der Waals surface area (Å²) >= 11 is 0. The van der Waals surface area contributed by atoms with E-state index in [1.165, 1.54) is 0 Å². The lowest BCUT2D eigenvalue weighted by Gasteiger charge is -2.17. The van der Waals surface area contributed by atoms with Gasteiger partial charge in [0.25, 0.3) is 0 Å². The maximum atomic E-state index is 11.4. The van der Waals surface area contributed by atoms with Gasteiger partial charge in [-0.3, -0.25) is 4.90 Å². The van der Waals surface area contributed by atoms with Crippen molar-refractivity contribution in [2.24, 2.45) is 0 Å². The summed E-state index contributed by atoms with van der Waals surface area (Å²) in [7, 11) is 1.89. The number of carbonyl (C=O) groups excluding carboxylic acids is 1. The second-order valence-electron chi connectivity index (χ2n) is 4.31. The van der Waals surface area contributed by atoms with Crippen molar-refractivity contribution >= 4 is 5.97 Å². The SMILES string of the molecule is C=C(CN(C)Cc1cccc(C#N)c1)C(=O)OCC. The van der Waals surface area contributed by atoms with Crippen molar-refractivity contribution in [2.45, 2.75) is 13.5 Å². The maximum absolute atomic E-state index is 11.4. The van der Waals surface area contributed by atoms with Gasteiger partial charge in [0.15, 0.2) is 0 Å². The van der Waals surface area contributed by atoms with E-state index in [0.29, 0.717) is 30.8 Å². The van der Waals surface area contributed by atoms with Gasteiger partial charge < -0.3 is 4.74 Å². The van der Waals surface area contributed by atoms with Gasteiger partial charge in [0.2, 0.25) is 0 Å². The van der Waals surface area contributed by atoms with Gasteiger partial charge in [0.1, 0.15) is 0 Å². The lowest BCUT2D eigenvalue weighted by Crippen LogP contribution is -2.24. The van der Waals surface area contributed by atoms with E-state index in [0.717, 1.165) is 5.56 Å². The Hall–Kier alpha value is -2.12. The van der Waals surface area contributed by atoms with E-state index >= 15 is 0 Å². The second-order valence-corrected chi connectivity index (χ2v) is 4.31. The topological polar surface area (TPSA) is 53.3 Å². The number of nitrogens with zero attached hydrogens (tertiary/aromatic N) is 2. The van der Waals surface area contributed by atoms with Crippen LogP contribution in [-0.2, 0) is 16.1 Å². The largest absolute Gasteiger partial charge is 0.463 e. The summed E-state index contributed by atoms with van der Waals surface area (Å²) in [6.45, 7) is 6.93. The highest BCUT2D eigenvalue weighted by atomic mass is 16.5. The van der Waals surface area contributed by atoms with Gasteiger partial charge in [0, 0.05) is 18.7 Å². The minimum atomic E-state index is -0.361. The van der Waals surface area contributed by atoms with Crippen LogP contribution in [0.15, 0.2) is 36.4 Å². The molecule has 0 spiro atoms. The fraction of sp³-hybridized carbons (Fsp3) is 0.333. The van der Waals surface area contributed by atoms with Gasteiger partial charge in [-0.15, -0.1) is 0 Å². The molecule has 0 heterocycles. The predicted octanol–water partition coefficient (Wildman–Crippen LogP) is 2.11. The first-order chi connectivity index (χ1) is 9.06. The van der Waals surface area contributed by atoms with Crippen molar-refractivity contribution in [3.63, 3.8) is 0 Å². The molecule has 0 saturated heterocycles. The van der Waals surface area contributed by atoms with Crippen molar-refractivity contribution in [3.05, 3.63) is 47.5 Å². The average Bonchev–Trinajstić information content (AvgIpc) is 2.39. The molecule has 0 N–H and O–H groups in total. The number of rotatable bonds is 6. The van der Waals surface area contributed by atoms with E-state index in [1.807, 2.05) is 30.1 Å². The molecule has 0 fully saturated rings. The Morgan fingerprint density at radius 3 is 2.89 bits per heavy atom. The molecule has 0 saturated carbocycles. The molecule has 1 rings (SSSR count). The highest BCUT2D eigenvalue weighted by Gasteiger charge is 2.10. The molecule has 19 heavy (non-hydrogen) atoms. The van der Waals surface area contributed by atoms with E-state index in [4.69, 9.17) is 10.00 Å². The molecule has 1 aromatic rings. The molecular formula is C15H18N2O2. The van der Waals surface area contributed by atoms with Crippen LogP contribution in [0.4, 0.5) is 0 Å². The van der Waals surface area contributed by atoms with Gasteiger partial charge in [-0.1, -0.05) is 18.7 Å². The number of likely N-dealkylation sites (N-methyl/N-ethyl adjacent to an activating group) is 1. The minimum absolute atomic E-state index is 0.353. The van der Waals surface area contributed by atoms with Crippen molar-refractivity contribution < 1.29 is 9.53 Å². The molecule has 0 aliphatic rings. The zero-order chi connectivity index (χ0) is 14.3. The summed E-state index contributed by atoms with van der Waals surface area (Å²) in [5.41, 5.74) is 2.09.